The average Bonchev–Trinajstić information content (AvgIpc) is 2.67. The second-order valence-corrected chi connectivity index (χ2v) is 7.76. The number of nitrogens with zero attached hydrogens (tertiary/aromatic N) is 1. The lowest BCUT2D eigenvalue weighted by Crippen LogP contribution is -2.40. The molecule has 25 heavy (non-hydrogen) atoms. The number of carbonyl (C=O) groups is 1. The van der Waals surface area contributed by atoms with Crippen molar-refractivity contribution in [3.63, 3.8) is 0 Å². The SMILES string of the molecule is C[C@@H](Sc1ccc2c(c1)OCCO2)C(=O)N1CCc2ccccc2C1. The fourth-order valence-corrected chi connectivity index (χ4v) is 4.27. The summed E-state index contributed by atoms with van der Waals surface area (Å²) in [5.41, 5.74) is 2.62. The Hall–Kier alpha value is -2.14. The van der Waals surface area contributed by atoms with Crippen LogP contribution in [0.2, 0.25) is 0 Å². The summed E-state index contributed by atoms with van der Waals surface area (Å²) in [6.07, 6.45) is 0.934. The van der Waals surface area contributed by atoms with Crippen molar-refractivity contribution in [3.05, 3.63) is 53.6 Å². The standard InChI is InChI=1S/C20H21NO3S/c1-14(25-17-6-7-18-19(12-17)24-11-10-23-18)20(22)21-9-8-15-4-2-3-5-16(15)13-21/h2-7,12,14H,8-11,13H2,1H3/t14-/m1/s1. The number of rotatable bonds is 3. The van der Waals surface area contributed by atoms with Crippen LogP contribution in [0.15, 0.2) is 47.4 Å². The van der Waals surface area contributed by atoms with Crippen molar-refractivity contribution in [2.24, 2.45) is 0 Å². The van der Waals surface area contributed by atoms with Gasteiger partial charge in [0.25, 0.3) is 0 Å². The fourth-order valence-electron chi connectivity index (χ4n) is 3.29. The van der Waals surface area contributed by atoms with Crippen LogP contribution in [-0.2, 0) is 17.8 Å². The highest BCUT2D eigenvalue weighted by atomic mass is 32.2. The van der Waals surface area contributed by atoms with E-state index in [0.29, 0.717) is 19.8 Å². The van der Waals surface area contributed by atoms with E-state index in [1.165, 1.54) is 11.1 Å². The summed E-state index contributed by atoms with van der Waals surface area (Å²) >= 11 is 1.57. The van der Waals surface area contributed by atoms with E-state index in [4.69, 9.17) is 9.47 Å². The van der Waals surface area contributed by atoms with Crippen LogP contribution in [-0.4, -0.2) is 35.8 Å². The maximum Gasteiger partial charge on any atom is 0.236 e. The molecule has 0 radical (unpaired) electrons. The highest BCUT2D eigenvalue weighted by Crippen LogP contribution is 2.36. The van der Waals surface area contributed by atoms with E-state index in [1.807, 2.05) is 36.1 Å². The van der Waals surface area contributed by atoms with Gasteiger partial charge < -0.3 is 14.4 Å². The molecule has 0 aromatic heterocycles. The first kappa shape index (κ1) is 16.3. The molecule has 0 unspecified atom stereocenters. The molecule has 0 bridgehead atoms. The number of ether oxygens (including phenoxy) is 2. The van der Waals surface area contributed by atoms with Crippen LogP contribution in [0.4, 0.5) is 0 Å². The quantitative estimate of drug-likeness (QED) is 0.790. The minimum Gasteiger partial charge on any atom is -0.486 e. The molecule has 1 amide bonds. The third-order valence-corrected chi connectivity index (χ3v) is 5.70. The van der Waals surface area contributed by atoms with E-state index in [9.17, 15) is 4.79 Å². The predicted octanol–water partition coefficient (Wildman–Crippen LogP) is 3.52. The Labute approximate surface area is 152 Å². The van der Waals surface area contributed by atoms with Crippen molar-refractivity contribution in [1.82, 2.24) is 4.90 Å². The van der Waals surface area contributed by atoms with E-state index >= 15 is 0 Å². The number of fused-ring (bicyclic) bond motifs is 2. The molecule has 0 N–H and O–H groups in total. The van der Waals surface area contributed by atoms with Gasteiger partial charge in [-0.05, 0) is 42.7 Å². The molecule has 0 spiro atoms. The zero-order valence-electron chi connectivity index (χ0n) is 14.2. The maximum absolute atomic E-state index is 12.9. The van der Waals surface area contributed by atoms with Crippen LogP contribution in [0.5, 0.6) is 11.5 Å². The van der Waals surface area contributed by atoms with Crippen LogP contribution >= 0.6 is 11.8 Å². The summed E-state index contributed by atoms with van der Waals surface area (Å²) < 4.78 is 11.2. The molecular formula is C20H21NO3S. The lowest BCUT2D eigenvalue weighted by molar-refractivity contribution is -0.131. The number of hydrogen-bond acceptors (Lipinski definition) is 4. The third kappa shape index (κ3) is 3.47. The van der Waals surface area contributed by atoms with Gasteiger partial charge in [0, 0.05) is 18.0 Å². The van der Waals surface area contributed by atoms with Crippen LogP contribution in [0, 0.1) is 0 Å². The highest BCUT2D eigenvalue weighted by Gasteiger charge is 2.25. The molecule has 4 rings (SSSR count). The molecule has 2 aliphatic heterocycles. The minimum atomic E-state index is -0.132. The topological polar surface area (TPSA) is 38.8 Å². The Balaban J connectivity index is 1.43. The summed E-state index contributed by atoms with van der Waals surface area (Å²) in [5, 5.41) is -0.132. The van der Waals surface area contributed by atoms with Gasteiger partial charge in [-0.15, -0.1) is 11.8 Å². The van der Waals surface area contributed by atoms with Gasteiger partial charge in [-0.1, -0.05) is 24.3 Å². The molecular weight excluding hydrogens is 334 g/mol. The van der Waals surface area contributed by atoms with Gasteiger partial charge in [0.2, 0.25) is 5.91 Å². The second-order valence-electron chi connectivity index (χ2n) is 6.34. The minimum absolute atomic E-state index is 0.132. The Morgan fingerprint density at radius 1 is 1.08 bits per heavy atom. The number of benzene rings is 2. The van der Waals surface area contributed by atoms with Crippen LogP contribution < -0.4 is 9.47 Å². The average molecular weight is 355 g/mol. The van der Waals surface area contributed by atoms with Crippen LogP contribution in [0.1, 0.15) is 18.1 Å². The predicted molar refractivity (Wildman–Crippen MR) is 98.3 cm³/mol. The summed E-state index contributed by atoms with van der Waals surface area (Å²) in [7, 11) is 0. The van der Waals surface area contributed by atoms with Gasteiger partial charge in [0.15, 0.2) is 11.5 Å². The van der Waals surface area contributed by atoms with E-state index in [-0.39, 0.29) is 11.2 Å². The summed E-state index contributed by atoms with van der Waals surface area (Å²) in [6.45, 7) is 4.64. The Morgan fingerprint density at radius 2 is 1.84 bits per heavy atom. The Bertz CT molecular complexity index is 792. The molecule has 2 aliphatic rings. The molecule has 4 nitrogen and oxygen atoms in total. The van der Waals surface area contributed by atoms with Gasteiger partial charge in [-0.25, -0.2) is 0 Å². The van der Waals surface area contributed by atoms with Crippen LogP contribution in [0.3, 0.4) is 0 Å². The molecule has 0 aliphatic carbocycles. The van der Waals surface area contributed by atoms with Gasteiger partial charge >= 0.3 is 0 Å². The van der Waals surface area contributed by atoms with E-state index in [0.717, 1.165) is 29.4 Å². The lowest BCUT2D eigenvalue weighted by Gasteiger charge is -2.30. The largest absolute Gasteiger partial charge is 0.486 e. The molecule has 0 saturated heterocycles. The number of thioether (sulfide) groups is 1. The van der Waals surface area contributed by atoms with Gasteiger partial charge in [-0.3, -0.25) is 4.79 Å². The van der Waals surface area contributed by atoms with Crippen molar-refractivity contribution in [3.8, 4) is 11.5 Å². The van der Waals surface area contributed by atoms with Gasteiger partial charge in [0.1, 0.15) is 13.2 Å². The molecule has 2 aromatic rings. The van der Waals surface area contributed by atoms with Crippen molar-refractivity contribution >= 4 is 17.7 Å². The second kappa shape index (κ2) is 7.00. The first-order chi connectivity index (χ1) is 12.2. The molecule has 2 aromatic carbocycles. The molecule has 130 valence electrons. The highest BCUT2D eigenvalue weighted by molar-refractivity contribution is 8.00. The Morgan fingerprint density at radius 3 is 2.68 bits per heavy atom. The fraction of sp³-hybridized carbons (Fsp3) is 0.350. The molecule has 0 saturated carbocycles. The summed E-state index contributed by atoms with van der Waals surface area (Å²) in [4.78, 5) is 15.9. The van der Waals surface area contributed by atoms with Crippen molar-refractivity contribution in [1.29, 1.82) is 0 Å². The van der Waals surface area contributed by atoms with Crippen molar-refractivity contribution < 1.29 is 14.3 Å². The zero-order chi connectivity index (χ0) is 17.2. The van der Waals surface area contributed by atoms with Crippen molar-refractivity contribution in [2.45, 2.75) is 30.0 Å². The first-order valence-corrected chi connectivity index (χ1v) is 9.50. The monoisotopic (exact) mass is 355 g/mol. The molecule has 2 heterocycles. The smallest absolute Gasteiger partial charge is 0.236 e. The molecule has 5 heteroatoms. The number of amides is 1. The van der Waals surface area contributed by atoms with E-state index < -0.39 is 0 Å². The van der Waals surface area contributed by atoms with Gasteiger partial charge in [-0.2, -0.15) is 0 Å². The zero-order valence-corrected chi connectivity index (χ0v) is 15.1. The molecule has 0 fully saturated rings. The summed E-state index contributed by atoms with van der Waals surface area (Å²) in [6, 6.07) is 14.3. The van der Waals surface area contributed by atoms with Gasteiger partial charge in [0.05, 0.1) is 5.25 Å². The van der Waals surface area contributed by atoms with E-state index in [2.05, 4.69) is 18.2 Å². The third-order valence-electron chi connectivity index (χ3n) is 4.62. The Kier molecular flexibility index (Phi) is 4.57. The van der Waals surface area contributed by atoms with Crippen molar-refractivity contribution in [2.75, 3.05) is 19.8 Å². The lowest BCUT2D eigenvalue weighted by atomic mass is 10.00. The number of hydrogen-bond donors (Lipinski definition) is 0. The number of carbonyl (C=O) groups excluding carboxylic acids is 1. The van der Waals surface area contributed by atoms with Crippen LogP contribution in [0.25, 0.3) is 0 Å². The van der Waals surface area contributed by atoms with E-state index in [1.54, 1.807) is 11.8 Å². The molecule has 1 atom stereocenters. The maximum atomic E-state index is 12.9. The first-order valence-electron chi connectivity index (χ1n) is 8.62. The normalized spacial score (nSPS) is 16.9. The summed E-state index contributed by atoms with van der Waals surface area (Å²) in [5.74, 6) is 1.74.